The summed E-state index contributed by atoms with van der Waals surface area (Å²) in [4.78, 5) is 30.5. The lowest BCUT2D eigenvalue weighted by Crippen LogP contribution is -2.38. The van der Waals surface area contributed by atoms with Gasteiger partial charge in [0.2, 0.25) is 0 Å². The highest BCUT2D eigenvalue weighted by molar-refractivity contribution is 6.06. The topological polar surface area (TPSA) is 73.9 Å². The molecule has 2 aromatic carbocycles. The van der Waals surface area contributed by atoms with Crippen molar-refractivity contribution in [3.63, 3.8) is 0 Å². The quantitative estimate of drug-likeness (QED) is 0.302. The Morgan fingerprint density at radius 3 is 2.10 bits per heavy atom. The standard InChI is InChI=1S/C29H34F6N4O3/c1-19-5-9-39(10-6-19)25-4-3-23(18-24(25)27(41)36-7-2-8-38-11-13-42-14-12-38)37-26(40)20-15-21(28(30,31)32)17-22(16-20)29(33,34)35/h3-4,15-19H,2,5-14H2,1H3,(H,36,41)(H,37,40). The minimum atomic E-state index is -5.09. The molecule has 2 saturated heterocycles. The number of ether oxygens (including phenoxy) is 1. The Balaban J connectivity index is 1.54. The normalized spacial score (nSPS) is 17.3. The Morgan fingerprint density at radius 2 is 1.50 bits per heavy atom. The van der Waals surface area contributed by atoms with Crippen LogP contribution in [0.15, 0.2) is 36.4 Å². The number of nitrogens with zero attached hydrogens (tertiary/aromatic N) is 2. The Hall–Kier alpha value is -3.32. The van der Waals surface area contributed by atoms with Gasteiger partial charge in [-0.3, -0.25) is 14.5 Å². The number of carbonyl (C=O) groups excluding carboxylic acids is 2. The summed E-state index contributed by atoms with van der Waals surface area (Å²) in [5.41, 5.74) is -3.01. The molecule has 2 fully saturated rings. The van der Waals surface area contributed by atoms with Crippen molar-refractivity contribution in [3.05, 3.63) is 58.7 Å². The number of rotatable bonds is 8. The summed E-state index contributed by atoms with van der Waals surface area (Å²) in [7, 11) is 0. The van der Waals surface area contributed by atoms with Crippen LogP contribution in [0, 0.1) is 5.92 Å². The number of amides is 2. The van der Waals surface area contributed by atoms with Crippen LogP contribution in [0.25, 0.3) is 0 Å². The van der Waals surface area contributed by atoms with Crippen LogP contribution in [0.4, 0.5) is 37.7 Å². The molecule has 0 saturated carbocycles. The van der Waals surface area contributed by atoms with Gasteiger partial charge in [-0.25, -0.2) is 0 Å². The zero-order chi connectivity index (χ0) is 30.5. The number of alkyl halides is 6. The van der Waals surface area contributed by atoms with E-state index in [1.807, 2.05) is 0 Å². The van der Waals surface area contributed by atoms with Gasteiger partial charge in [0.15, 0.2) is 0 Å². The first kappa shape index (κ1) is 31.6. The number of anilines is 2. The number of piperidine rings is 1. The van der Waals surface area contributed by atoms with Gasteiger partial charge in [0.1, 0.15) is 0 Å². The van der Waals surface area contributed by atoms with E-state index in [2.05, 4.69) is 27.4 Å². The van der Waals surface area contributed by atoms with Crippen molar-refractivity contribution in [3.8, 4) is 0 Å². The molecule has 42 heavy (non-hydrogen) atoms. The third-order valence-corrected chi connectivity index (χ3v) is 7.51. The third kappa shape index (κ3) is 8.37. The summed E-state index contributed by atoms with van der Waals surface area (Å²) in [6, 6.07) is 5.24. The Kier molecular flexibility index (Phi) is 10.0. The monoisotopic (exact) mass is 600 g/mol. The minimum absolute atomic E-state index is 0.0352. The van der Waals surface area contributed by atoms with Gasteiger partial charge in [-0.2, -0.15) is 26.3 Å². The molecule has 0 radical (unpaired) electrons. The molecule has 13 heteroatoms. The van der Waals surface area contributed by atoms with Crippen molar-refractivity contribution in [1.29, 1.82) is 0 Å². The van der Waals surface area contributed by atoms with Crippen LogP contribution in [0.1, 0.15) is 58.0 Å². The molecule has 4 rings (SSSR count). The predicted molar refractivity (Wildman–Crippen MR) is 146 cm³/mol. The van der Waals surface area contributed by atoms with E-state index in [0.29, 0.717) is 63.0 Å². The molecule has 0 aliphatic carbocycles. The highest BCUT2D eigenvalue weighted by Crippen LogP contribution is 2.36. The summed E-state index contributed by atoms with van der Waals surface area (Å²) in [6.45, 7) is 7.75. The van der Waals surface area contributed by atoms with E-state index < -0.39 is 35.0 Å². The van der Waals surface area contributed by atoms with Crippen LogP contribution in [0.5, 0.6) is 0 Å². The highest BCUT2D eigenvalue weighted by atomic mass is 19.4. The largest absolute Gasteiger partial charge is 0.416 e. The van der Waals surface area contributed by atoms with Crippen LogP contribution in [-0.4, -0.2) is 69.2 Å². The summed E-state index contributed by atoms with van der Waals surface area (Å²) in [6.07, 6.45) is -7.62. The van der Waals surface area contributed by atoms with Crippen molar-refractivity contribution in [2.24, 2.45) is 5.92 Å². The second-order valence-electron chi connectivity index (χ2n) is 10.7. The maximum atomic E-state index is 13.3. The second-order valence-corrected chi connectivity index (χ2v) is 10.7. The lowest BCUT2D eigenvalue weighted by Gasteiger charge is -2.33. The fraction of sp³-hybridized carbons (Fsp3) is 0.517. The SMILES string of the molecule is CC1CCN(c2ccc(NC(=O)c3cc(C(F)(F)F)cc(C(F)(F)F)c3)cc2C(=O)NCCCN2CCOCC2)CC1. The van der Waals surface area contributed by atoms with Gasteiger partial charge in [-0.1, -0.05) is 6.92 Å². The predicted octanol–water partition coefficient (Wildman–Crippen LogP) is 5.66. The number of nitrogens with one attached hydrogen (secondary N) is 2. The van der Waals surface area contributed by atoms with Gasteiger partial charge in [0.05, 0.1) is 29.9 Å². The first-order valence-electron chi connectivity index (χ1n) is 13.9. The van der Waals surface area contributed by atoms with Crippen molar-refractivity contribution in [1.82, 2.24) is 10.2 Å². The second kappa shape index (κ2) is 13.3. The molecule has 0 aromatic heterocycles. The van der Waals surface area contributed by atoms with Crippen LogP contribution >= 0.6 is 0 Å². The van der Waals surface area contributed by atoms with Crippen LogP contribution < -0.4 is 15.5 Å². The van der Waals surface area contributed by atoms with E-state index in [4.69, 9.17) is 4.74 Å². The third-order valence-electron chi connectivity index (χ3n) is 7.51. The molecule has 2 aromatic rings. The number of benzene rings is 2. The summed E-state index contributed by atoms with van der Waals surface area (Å²) in [5, 5.41) is 5.27. The Labute approximate surface area is 240 Å². The Morgan fingerprint density at radius 1 is 0.881 bits per heavy atom. The molecule has 2 aliphatic heterocycles. The maximum Gasteiger partial charge on any atom is 0.416 e. The van der Waals surface area contributed by atoms with Gasteiger partial charge in [0.25, 0.3) is 11.8 Å². The number of carbonyl (C=O) groups is 2. The average Bonchev–Trinajstić information content (AvgIpc) is 2.95. The lowest BCUT2D eigenvalue weighted by atomic mass is 9.97. The maximum absolute atomic E-state index is 13.3. The van der Waals surface area contributed by atoms with Gasteiger partial charge in [-0.05, 0) is 68.1 Å². The van der Waals surface area contributed by atoms with Crippen LogP contribution in [-0.2, 0) is 17.1 Å². The summed E-state index contributed by atoms with van der Waals surface area (Å²) >= 11 is 0. The van der Waals surface area contributed by atoms with Crippen molar-refractivity contribution >= 4 is 23.2 Å². The van der Waals surface area contributed by atoms with Gasteiger partial charge < -0.3 is 20.3 Å². The smallest absolute Gasteiger partial charge is 0.379 e. The van der Waals surface area contributed by atoms with Gasteiger partial charge in [0, 0.05) is 49.7 Å². The van der Waals surface area contributed by atoms with Crippen molar-refractivity contribution in [2.45, 2.75) is 38.5 Å². The summed E-state index contributed by atoms with van der Waals surface area (Å²) < 4.78 is 85.1. The molecular formula is C29H34F6N4O3. The van der Waals surface area contributed by atoms with Crippen molar-refractivity contribution in [2.75, 3.05) is 62.7 Å². The molecule has 2 N–H and O–H groups in total. The fourth-order valence-corrected chi connectivity index (χ4v) is 5.03. The number of morpholine rings is 1. The molecular weight excluding hydrogens is 566 g/mol. The molecule has 0 unspecified atom stereocenters. The van der Waals surface area contributed by atoms with E-state index in [9.17, 15) is 35.9 Å². The minimum Gasteiger partial charge on any atom is -0.379 e. The lowest BCUT2D eigenvalue weighted by molar-refractivity contribution is -0.143. The van der Waals surface area contributed by atoms with E-state index in [1.54, 1.807) is 6.07 Å². The van der Waals surface area contributed by atoms with E-state index >= 15 is 0 Å². The van der Waals surface area contributed by atoms with E-state index in [-0.39, 0.29) is 23.2 Å². The summed E-state index contributed by atoms with van der Waals surface area (Å²) in [5.74, 6) is -1.02. The first-order valence-corrected chi connectivity index (χ1v) is 13.9. The van der Waals surface area contributed by atoms with Crippen LogP contribution in [0.2, 0.25) is 0 Å². The molecule has 7 nitrogen and oxygen atoms in total. The van der Waals surface area contributed by atoms with Gasteiger partial charge >= 0.3 is 12.4 Å². The van der Waals surface area contributed by atoms with E-state index in [0.717, 1.165) is 32.5 Å². The first-order chi connectivity index (χ1) is 19.8. The molecule has 230 valence electrons. The van der Waals surface area contributed by atoms with Crippen molar-refractivity contribution < 1.29 is 40.7 Å². The highest BCUT2D eigenvalue weighted by Gasteiger charge is 2.37. The number of halogens is 6. The zero-order valence-electron chi connectivity index (χ0n) is 23.2. The molecule has 2 heterocycles. The molecule has 2 amide bonds. The zero-order valence-corrected chi connectivity index (χ0v) is 23.2. The average molecular weight is 601 g/mol. The van der Waals surface area contributed by atoms with E-state index in [1.165, 1.54) is 12.1 Å². The van der Waals surface area contributed by atoms with Crippen LogP contribution in [0.3, 0.4) is 0 Å². The molecule has 0 atom stereocenters. The molecule has 2 aliphatic rings. The fourth-order valence-electron chi connectivity index (χ4n) is 5.03. The number of hydrogen-bond donors (Lipinski definition) is 2. The molecule has 0 bridgehead atoms. The molecule has 0 spiro atoms. The number of hydrogen-bond acceptors (Lipinski definition) is 5. The van der Waals surface area contributed by atoms with Gasteiger partial charge in [-0.15, -0.1) is 0 Å². The Bertz CT molecular complexity index is 1220.